The zero-order valence-corrected chi connectivity index (χ0v) is 12.6. The highest BCUT2D eigenvalue weighted by Gasteiger charge is 2.09. The van der Waals surface area contributed by atoms with E-state index in [1.54, 1.807) is 31.4 Å². The van der Waals surface area contributed by atoms with Crippen LogP contribution in [-0.4, -0.2) is 17.1 Å². The van der Waals surface area contributed by atoms with E-state index >= 15 is 0 Å². The third kappa shape index (κ3) is 2.67. The second-order valence-corrected chi connectivity index (χ2v) is 5.10. The molecule has 0 atom stereocenters. The summed E-state index contributed by atoms with van der Waals surface area (Å²) in [6, 6.07) is 15.1. The van der Waals surface area contributed by atoms with Crippen LogP contribution >= 0.6 is 11.6 Å². The van der Waals surface area contributed by atoms with Gasteiger partial charge in [-0.05, 0) is 36.4 Å². The minimum atomic E-state index is 0.414. The van der Waals surface area contributed by atoms with E-state index in [-0.39, 0.29) is 0 Å². The minimum absolute atomic E-state index is 0.414. The predicted octanol–water partition coefficient (Wildman–Crippen LogP) is 4.29. The van der Waals surface area contributed by atoms with Crippen molar-refractivity contribution >= 4 is 34.3 Å². The van der Waals surface area contributed by atoms with Crippen molar-refractivity contribution in [2.24, 2.45) is 0 Å². The zero-order chi connectivity index (χ0) is 15.5. The lowest BCUT2D eigenvalue weighted by Gasteiger charge is -2.05. The molecule has 3 aromatic rings. The molecule has 4 nitrogen and oxygen atoms in total. The van der Waals surface area contributed by atoms with Crippen molar-refractivity contribution in [1.29, 1.82) is 5.26 Å². The van der Waals surface area contributed by atoms with Crippen LogP contribution in [0.1, 0.15) is 11.4 Å². The number of aromatic amines is 1. The largest absolute Gasteiger partial charge is 0.496 e. The van der Waals surface area contributed by atoms with Crippen molar-refractivity contribution in [3.8, 4) is 11.8 Å². The van der Waals surface area contributed by atoms with Crippen LogP contribution in [0.25, 0.3) is 22.7 Å². The molecule has 1 heterocycles. The van der Waals surface area contributed by atoms with Gasteiger partial charge in [0.05, 0.1) is 23.7 Å². The molecule has 3 rings (SSSR count). The van der Waals surface area contributed by atoms with Gasteiger partial charge in [-0.25, -0.2) is 4.98 Å². The van der Waals surface area contributed by atoms with Crippen LogP contribution in [-0.2, 0) is 0 Å². The molecule has 0 fully saturated rings. The molecule has 1 N–H and O–H groups in total. The summed E-state index contributed by atoms with van der Waals surface area (Å²) in [4.78, 5) is 7.58. The van der Waals surface area contributed by atoms with Gasteiger partial charge in [-0.15, -0.1) is 0 Å². The van der Waals surface area contributed by atoms with Crippen LogP contribution < -0.4 is 4.74 Å². The van der Waals surface area contributed by atoms with Crippen molar-refractivity contribution in [1.82, 2.24) is 9.97 Å². The van der Waals surface area contributed by atoms with Crippen LogP contribution in [0, 0.1) is 11.3 Å². The number of rotatable bonds is 3. The van der Waals surface area contributed by atoms with E-state index in [0.717, 1.165) is 16.6 Å². The first kappa shape index (κ1) is 14.2. The molecule has 5 heteroatoms. The number of benzene rings is 2. The molecule has 0 radical (unpaired) electrons. The standard InChI is InChI=1S/C17H12ClN3O/c1-22-16-7-6-13(18)9-11(16)8-12(10-19)17-20-14-4-2-3-5-15(14)21-17/h2-9H,1H3,(H,20,21)/b12-8-. The normalized spacial score (nSPS) is 11.4. The number of aromatic nitrogens is 2. The maximum Gasteiger partial charge on any atom is 0.149 e. The molecule has 0 unspecified atom stereocenters. The summed E-state index contributed by atoms with van der Waals surface area (Å²) in [5, 5.41) is 10.0. The SMILES string of the molecule is COc1ccc(Cl)cc1/C=C(/C#N)c1nc2ccccc2[nH]1. The number of hydrogen-bond donors (Lipinski definition) is 1. The van der Waals surface area contributed by atoms with Crippen LogP contribution in [0.2, 0.25) is 5.02 Å². The monoisotopic (exact) mass is 309 g/mol. The fourth-order valence-corrected chi connectivity index (χ4v) is 2.39. The fraction of sp³-hybridized carbons (Fsp3) is 0.0588. The fourth-order valence-electron chi connectivity index (χ4n) is 2.21. The summed E-state index contributed by atoms with van der Waals surface area (Å²) >= 11 is 6.02. The summed E-state index contributed by atoms with van der Waals surface area (Å²) in [7, 11) is 1.58. The first-order chi connectivity index (χ1) is 10.7. The van der Waals surface area contributed by atoms with Gasteiger partial charge in [0.2, 0.25) is 0 Å². The number of allylic oxidation sites excluding steroid dienone is 1. The van der Waals surface area contributed by atoms with Crippen molar-refractivity contribution in [3.05, 3.63) is 58.9 Å². The van der Waals surface area contributed by atoms with Gasteiger partial charge in [0, 0.05) is 10.6 Å². The van der Waals surface area contributed by atoms with Crippen LogP contribution in [0.5, 0.6) is 5.75 Å². The maximum absolute atomic E-state index is 9.45. The van der Waals surface area contributed by atoms with Crippen LogP contribution in [0.15, 0.2) is 42.5 Å². The van der Waals surface area contributed by atoms with Gasteiger partial charge >= 0.3 is 0 Å². The van der Waals surface area contributed by atoms with E-state index in [1.807, 2.05) is 24.3 Å². The number of nitrogens with one attached hydrogen (secondary N) is 1. The molecule has 0 amide bonds. The molecular formula is C17H12ClN3O. The van der Waals surface area contributed by atoms with Crippen LogP contribution in [0.3, 0.4) is 0 Å². The highest BCUT2D eigenvalue weighted by Crippen LogP contribution is 2.27. The first-order valence-corrected chi connectivity index (χ1v) is 6.99. The summed E-state index contributed by atoms with van der Waals surface area (Å²) < 4.78 is 5.30. The summed E-state index contributed by atoms with van der Waals surface area (Å²) in [5.74, 6) is 1.17. The number of ether oxygens (including phenoxy) is 1. The van der Waals surface area contributed by atoms with Gasteiger partial charge in [-0.2, -0.15) is 5.26 Å². The second kappa shape index (κ2) is 5.92. The lowest BCUT2D eigenvalue weighted by molar-refractivity contribution is 0.414. The molecule has 2 aromatic carbocycles. The molecule has 108 valence electrons. The molecule has 0 bridgehead atoms. The predicted molar refractivity (Wildman–Crippen MR) is 87.6 cm³/mol. The second-order valence-electron chi connectivity index (χ2n) is 4.66. The number of nitriles is 1. The van der Waals surface area contributed by atoms with Gasteiger partial charge in [0.15, 0.2) is 0 Å². The topological polar surface area (TPSA) is 61.7 Å². The lowest BCUT2D eigenvalue weighted by Crippen LogP contribution is -1.89. The molecule has 22 heavy (non-hydrogen) atoms. The maximum atomic E-state index is 9.45. The lowest BCUT2D eigenvalue weighted by atomic mass is 10.1. The third-order valence-corrected chi connectivity index (χ3v) is 3.49. The molecule has 1 aromatic heterocycles. The van der Waals surface area contributed by atoms with Crippen molar-refractivity contribution in [2.45, 2.75) is 0 Å². The molecule has 0 spiro atoms. The molecule has 0 aliphatic carbocycles. The number of hydrogen-bond acceptors (Lipinski definition) is 3. The Labute approximate surface area is 132 Å². The van der Waals surface area contributed by atoms with Gasteiger partial charge in [-0.1, -0.05) is 23.7 Å². The summed E-state index contributed by atoms with van der Waals surface area (Å²) in [5.41, 5.74) is 2.84. The quantitative estimate of drug-likeness (QED) is 0.734. The van der Waals surface area contributed by atoms with E-state index in [0.29, 0.717) is 22.2 Å². The molecule has 0 saturated heterocycles. The van der Waals surface area contributed by atoms with Crippen molar-refractivity contribution in [2.75, 3.05) is 7.11 Å². The highest BCUT2D eigenvalue weighted by atomic mass is 35.5. The Morgan fingerprint density at radius 3 is 2.86 bits per heavy atom. The van der Waals surface area contributed by atoms with E-state index in [9.17, 15) is 5.26 Å². The van der Waals surface area contributed by atoms with Gasteiger partial charge in [-0.3, -0.25) is 0 Å². The number of nitrogens with zero attached hydrogens (tertiary/aromatic N) is 2. The number of fused-ring (bicyclic) bond motifs is 1. The average Bonchev–Trinajstić information content (AvgIpc) is 2.96. The third-order valence-electron chi connectivity index (χ3n) is 3.26. The van der Waals surface area contributed by atoms with Crippen LogP contribution in [0.4, 0.5) is 0 Å². The van der Waals surface area contributed by atoms with E-state index in [4.69, 9.17) is 16.3 Å². The van der Waals surface area contributed by atoms with E-state index < -0.39 is 0 Å². The Hall–Kier alpha value is -2.77. The highest BCUT2D eigenvalue weighted by molar-refractivity contribution is 6.30. The summed E-state index contributed by atoms with van der Waals surface area (Å²) in [6.07, 6.45) is 1.71. The van der Waals surface area contributed by atoms with Crippen molar-refractivity contribution in [3.63, 3.8) is 0 Å². The number of imidazole rings is 1. The van der Waals surface area contributed by atoms with Crippen molar-refractivity contribution < 1.29 is 4.74 Å². The Kier molecular flexibility index (Phi) is 3.82. The van der Waals surface area contributed by atoms with E-state index in [1.165, 1.54) is 0 Å². The van der Waals surface area contributed by atoms with E-state index in [2.05, 4.69) is 16.0 Å². The minimum Gasteiger partial charge on any atom is -0.496 e. The number of halogens is 1. The number of para-hydroxylation sites is 2. The van der Waals surface area contributed by atoms with Gasteiger partial charge in [0.25, 0.3) is 0 Å². The molecule has 0 aliphatic rings. The molecule has 0 aliphatic heterocycles. The Bertz CT molecular complexity index is 873. The summed E-state index contributed by atoms with van der Waals surface area (Å²) in [6.45, 7) is 0. The Morgan fingerprint density at radius 1 is 1.32 bits per heavy atom. The smallest absolute Gasteiger partial charge is 0.149 e. The Morgan fingerprint density at radius 2 is 2.14 bits per heavy atom. The average molecular weight is 310 g/mol. The number of methoxy groups -OCH3 is 1. The number of H-pyrrole nitrogens is 1. The molecular weight excluding hydrogens is 298 g/mol. The molecule has 0 saturated carbocycles. The van der Waals surface area contributed by atoms with Gasteiger partial charge in [0.1, 0.15) is 17.6 Å². The zero-order valence-electron chi connectivity index (χ0n) is 11.8. The van der Waals surface area contributed by atoms with Gasteiger partial charge < -0.3 is 9.72 Å². The Balaban J connectivity index is 2.11. The first-order valence-electron chi connectivity index (χ1n) is 6.61.